The highest BCUT2D eigenvalue weighted by Crippen LogP contribution is 2.34. The second-order valence-corrected chi connectivity index (χ2v) is 9.40. The first-order valence-corrected chi connectivity index (χ1v) is 11.6. The third kappa shape index (κ3) is 4.16. The Balaban J connectivity index is 1.26. The molecule has 2 aliphatic rings. The van der Waals surface area contributed by atoms with Gasteiger partial charge in [-0.3, -0.25) is 9.69 Å². The van der Waals surface area contributed by atoms with Crippen molar-refractivity contribution in [2.75, 3.05) is 18.0 Å². The molecule has 7 heteroatoms. The number of piperidine rings is 1. The van der Waals surface area contributed by atoms with E-state index in [0.29, 0.717) is 18.3 Å². The normalized spacial score (nSPS) is 21.3. The second-order valence-electron chi connectivity index (χ2n) is 8.48. The minimum Gasteiger partial charge on any atom is -0.338 e. The van der Waals surface area contributed by atoms with Crippen molar-refractivity contribution in [3.05, 3.63) is 64.5 Å². The molecule has 5 rings (SSSR count). The minimum absolute atomic E-state index is 0.00350. The lowest BCUT2D eigenvalue weighted by molar-refractivity contribution is -0.124. The minimum atomic E-state index is -0.00350. The van der Waals surface area contributed by atoms with Crippen LogP contribution in [0.3, 0.4) is 0 Å². The molecule has 31 heavy (non-hydrogen) atoms. The number of benzene rings is 2. The molecule has 0 saturated carbocycles. The number of likely N-dealkylation sites (tertiary alicyclic amines) is 1. The van der Waals surface area contributed by atoms with Gasteiger partial charge in [0.2, 0.25) is 17.6 Å². The Kier molecular flexibility index (Phi) is 5.63. The summed E-state index contributed by atoms with van der Waals surface area (Å²) in [6.45, 7) is 4.37. The Morgan fingerprint density at radius 2 is 2.00 bits per heavy atom. The number of para-hydroxylation sites is 1. The van der Waals surface area contributed by atoms with E-state index in [1.54, 1.807) is 0 Å². The number of hydrogen-bond donors (Lipinski definition) is 0. The fourth-order valence-electron chi connectivity index (χ4n) is 4.73. The van der Waals surface area contributed by atoms with Crippen LogP contribution in [0.25, 0.3) is 11.4 Å². The molecule has 0 spiro atoms. The van der Waals surface area contributed by atoms with Crippen LogP contribution < -0.4 is 4.90 Å². The summed E-state index contributed by atoms with van der Waals surface area (Å²) >= 11 is 3.44. The van der Waals surface area contributed by atoms with Crippen LogP contribution in [-0.2, 0) is 17.8 Å². The summed E-state index contributed by atoms with van der Waals surface area (Å²) in [7, 11) is 0. The van der Waals surface area contributed by atoms with Crippen LogP contribution in [0.5, 0.6) is 0 Å². The molecule has 2 aromatic carbocycles. The van der Waals surface area contributed by atoms with Gasteiger partial charge in [0.15, 0.2) is 0 Å². The largest absolute Gasteiger partial charge is 0.338 e. The fraction of sp³-hybridized carbons (Fsp3) is 0.375. The molecular weight excluding hydrogens is 456 g/mol. The number of hydrogen-bond acceptors (Lipinski definition) is 5. The van der Waals surface area contributed by atoms with Gasteiger partial charge in [-0.25, -0.2) is 0 Å². The number of anilines is 1. The predicted molar refractivity (Wildman–Crippen MR) is 123 cm³/mol. The maximum absolute atomic E-state index is 13.4. The van der Waals surface area contributed by atoms with Gasteiger partial charge in [0.25, 0.3) is 0 Å². The van der Waals surface area contributed by atoms with E-state index in [4.69, 9.17) is 4.52 Å². The molecule has 2 atom stereocenters. The van der Waals surface area contributed by atoms with Gasteiger partial charge in [-0.2, -0.15) is 4.98 Å². The van der Waals surface area contributed by atoms with Gasteiger partial charge >= 0.3 is 0 Å². The monoisotopic (exact) mass is 480 g/mol. The molecule has 0 aliphatic carbocycles. The highest BCUT2D eigenvalue weighted by atomic mass is 79.9. The number of carbonyl (C=O) groups is 1. The Morgan fingerprint density at radius 1 is 1.19 bits per heavy atom. The zero-order valence-corrected chi connectivity index (χ0v) is 19.1. The van der Waals surface area contributed by atoms with E-state index in [-0.39, 0.29) is 17.9 Å². The molecule has 0 bridgehead atoms. The van der Waals surface area contributed by atoms with E-state index in [1.807, 2.05) is 35.2 Å². The molecular formula is C24H25BrN4O2. The molecule has 0 N–H and O–H groups in total. The molecule has 0 radical (unpaired) electrons. The van der Waals surface area contributed by atoms with E-state index in [0.717, 1.165) is 48.1 Å². The van der Waals surface area contributed by atoms with Crippen molar-refractivity contribution in [3.8, 4) is 11.4 Å². The molecule has 2 unspecified atom stereocenters. The molecule has 3 heterocycles. The van der Waals surface area contributed by atoms with Crippen LogP contribution in [0.2, 0.25) is 0 Å². The summed E-state index contributed by atoms with van der Waals surface area (Å²) in [5, 5.41) is 4.13. The molecule has 2 aliphatic heterocycles. The molecule has 3 aromatic rings. The molecule has 1 fully saturated rings. The first-order valence-electron chi connectivity index (χ1n) is 10.8. The van der Waals surface area contributed by atoms with Crippen molar-refractivity contribution in [2.45, 2.75) is 38.8 Å². The number of fused-ring (bicyclic) bond motifs is 1. The van der Waals surface area contributed by atoms with E-state index in [9.17, 15) is 4.79 Å². The SMILES string of the molecule is CC1Cc2ccccc2N1C(=O)C1CCCN(Cc2nc(-c3ccc(Br)cc3)no2)C1. The molecule has 1 amide bonds. The number of amides is 1. The van der Waals surface area contributed by atoms with Gasteiger partial charge in [0.1, 0.15) is 0 Å². The topological polar surface area (TPSA) is 62.5 Å². The van der Waals surface area contributed by atoms with Crippen molar-refractivity contribution in [1.82, 2.24) is 15.0 Å². The summed E-state index contributed by atoms with van der Waals surface area (Å²) in [4.78, 5) is 22.3. The van der Waals surface area contributed by atoms with E-state index >= 15 is 0 Å². The van der Waals surface area contributed by atoms with Crippen molar-refractivity contribution in [1.29, 1.82) is 0 Å². The maximum atomic E-state index is 13.4. The first-order chi connectivity index (χ1) is 15.1. The lowest BCUT2D eigenvalue weighted by atomic mass is 9.96. The molecule has 6 nitrogen and oxygen atoms in total. The lowest BCUT2D eigenvalue weighted by Crippen LogP contribution is -2.46. The number of carbonyl (C=O) groups excluding carboxylic acids is 1. The van der Waals surface area contributed by atoms with Gasteiger partial charge in [0, 0.05) is 28.3 Å². The van der Waals surface area contributed by atoms with Gasteiger partial charge in [-0.15, -0.1) is 0 Å². The van der Waals surface area contributed by atoms with E-state index in [1.165, 1.54) is 5.56 Å². The summed E-state index contributed by atoms with van der Waals surface area (Å²) in [5.74, 6) is 1.42. The summed E-state index contributed by atoms with van der Waals surface area (Å²) in [5.41, 5.74) is 3.27. The number of nitrogens with zero attached hydrogens (tertiary/aromatic N) is 4. The van der Waals surface area contributed by atoms with Crippen molar-refractivity contribution in [3.63, 3.8) is 0 Å². The second kappa shape index (κ2) is 8.55. The smallest absolute Gasteiger partial charge is 0.241 e. The van der Waals surface area contributed by atoms with Crippen molar-refractivity contribution in [2.24, 2.45) is 5.92 Å². The molecule has 1 aromatic heterocycles. The quantitative estimate of drug-likeness (QED) is 0.541. The van der Waals surface area contributed by atoms with Crippen LogP contribution >= 0.6 is 15.9 Å². The number of rotatable bonds is 4. The number of aromatic nitrogens is 2. The summed E-state index contributed by atoms with van der Waals surface area (Å²) < 4.78 is 6.51. The standard InChI is InChI=1S/C24H25BrN4O2/c1-16-13-18-5-2-3-7-21(18)29(16)24(30)19-6-4-12-28(14-19)15-22-26-23(27-31-22)17-8-10-20(25)11-9-17/h2-3,5,7-11,16,19H,4,6,12-15H2,1H3. The Bertz CT molecular complexity index is 1080. The molecule has 1 saturated heterocycles. The first kappa shape index (κ1) is 20.4. The zero-order chi connectivity index (χ0) is 21.4. The van der Waals surface area contributed by atoms with Gasteiger partial charge < -0.3 is 9.42 Å². The highest BCUT2D eigenvalue weighted by molar-refractivity contribution is 9.10. The predicted octanol–water partition coefficient (Wildman–Crippen LogP) is 4.69. The van der Waals surface area contributed by atoms with E-state index in [2.05, 4.69) is 56.1 Å². The third-order valence-electron chi connectivity index (χ3n) is 6.23. The van der Waals surface area contributed by atoms with Gasteiger partial charge in [-0.05, 0) is 68.6 Å². The Hall–Kier alpha value is -2.51. The van der Waals surface area contributed by atoms with Crippen LogP contribution in [0.4, 0.5) is 5.69 Å². The summed E-state index contributed by atoms with van der Waals surface area (Å²) in [6, 6.07) is 16.3. The highest BCUT2D eigenvalue weighted by Gasteiger charge is 2.36. The summed E-state index contributed by atoms with van der Waals surface area (Å²) in [6.07, 6.45) is 2.85. The van der Waals surface area contributed by atoms with Gasteiger partial charge in [0.05, 0.1) is 12.5 Å². The van der Waals surface area contributed by atoms with Crippen LogP contribution in [-0.4, -0.2) is 40.1 Å². The molecule has 160 valence electrons. The third-order valence-corrected chi connectivity index (χ3v) is 6.76. The van der Waals surface area contributed by atoms with Crippen LogP contribution in [0.1, 0.15) is 31.2 Å². The fourth-order valence-corrected chi connectivity index (χ4v) is 4.99. The maximum Gasteiger partial charge on any atom is 0.241 e. The van der Waals surface area contributed by atoms with Crippen LogP contribution in [0.15, 0.2) is 57.5 Å². The van der Waals surface area contributed by atoms with Crippen LogP contribution in [0, 0.1) is 5.92 Å². The average Bonchev–Trinajstić information content (AvgIpc) is 3.37. The lowest BCUT2D eigenvalue weighted by Gasteiger charge is -2.34. The Morgan fingerprint density at radius 3 is 2.84 bits per heavy atom. The number of halogens is 1. The van der Waals surface area contributed by atoms with E-state index < -0.39 is 0 Å². The Labute approximate surface area is 190 Å². The van der Waals surface area contributed by atoms with Crippen molar-refractivity contribution < 1.29 is 9.32 Å². The zero-order valence-electron chi connectivity index (χ0n) is 17.5. The average molecular weight is 481 g/mol. The van der Waals surface area contributed by atoms with Gasteiger partial charge in [-0.1, -0.05) is 39.3 Å². The van der Waals surface area contributed by atoms with Crippen molar-refractivity contribution >= 4 is 27.5 Å².